The van der Waals surface area contributed by atoms with E-state index in [1.807, 2.05) is 51.2 Å². The van der Waals surface area contributed by atoms with E-state index in [0.29, 0.717) is 5.56 Å². The number of alkyl halides is 1. The molecule has 0 aliphatic heterocycles. The van der Waals surface area contributed by atoms with Gasteiger partial charge in [0, 0.05) is 35.1 Å². The molecule has 0 unspecified atom stereocenters. The highest BCUT2D eigenvalue weighted by Gasteiger charge is 2.27. The molecule has 0 fully saturated rings. The molecule has 1 aromatic carbocycles. The average Bonchev–Trinajstić information content (AvgIpc) is 2.45. The van der Waals surface area contributed by atoms with Crippen molar-refractivity contribution in [1.29, 1.82) is 0 Å². The Labute approximate surface area is 121 Å². The molecule has 2 aromatic rings. The minimum Gasteiger partial charge on any atom is -0.336 e. The molecule has 0 saturated heterocycles. The second-order valence-corrected chi connectivity index (χ2v) is 5.78. The van der Waals surface area contributed by atoms with Gasteiger partial charge in [-0.3, -0.25) is 9.78 Å². The van der Waals surface area contributed by atoms with Gasteiger partial charge in [-0.05, 0) is 38.1 Å². The van der Waals surface area contributed by atoms with Gasteiger partial charge in [0.25, 0.3) is 5.91 Å². The van der Waals surface area contributed by atoms with Crippen molar-refractivity contribution >= 4 is 32.7 Å². The molecular formula is C15H17BrN2O. The van der Waals surface area contributed by atoms with E-state index >= 15 is 0 Å². The summed E-state index contributed by atoms with van der Waals surface area (Å²) in [5.41, 5.74) is 1.37. The van der Waals surface area contributed by atoms with Crippen LogP contribution in [0.2, 0.25) is 0 Å². The Morgan fingerprint density at radius 3 is 2.79 bits per heavy atom. The summed E-state index contributed by atoms with van der Waals surface area (Å²) in [4.78, 5) is 18.5. The van der Waals surface area contributed by atoms with Crippen LogP contribution in [0.15, 0.2) is 36.5 Å². The zero-order valence-electron chi connectivity index (χ0n) is 11.4. The van der Waals surface area contributed by atoms with Gasteiger partial charge in [-0.15, -0.1) is 0 Å². The van der Waals surface area contributed by atoms with Crippen LogP contribution in [0, 0.1) is 0 Å². The summed E-state index contributed by atoms with van der Waals surface area (Å²) in [6, 6.07) is 9.46. The van der Waals surface area contributed by atoms with Crippen LogP contribution in [0.3, 0.4) is 0 Å². The predicted molar refractivity (Wildman–Crippen MR) is 81.7 cm³/mol. The lowest BCUT2D eigenvalue weighted by molar-refractivity contribution is 0.0664. The number of amides is 1. The van der Waals surface area contributed by atoms with Crippen LogP contribution in [-0.4, -0.2) is 33.7 Å². The molecule has 0 N–H and O–H groups in total. The lowest BCUT2D eigenvalue weighted by Crippen LogP contribution is -2.46. The van der Waals surface area contributed by atoms with Gasteiger partial charge in [0.2, 0.25) is 0 Å². The molecule has 4 heteroatoms. The van der Waals surface area contributed by atoms with Crippen LogP contribution in [0.25, 0.3) is 10.9 Å². The Balaban J connectivity index is 2.36. The summed E-state index contributed by atoms with van der Waals surface area (Å²) in [6.07, 6.45) is 1.75. The number of nitrogens with zero attached hydrogens (tertiary/aromatic N) is 2. The van der Waals surface area contributed by atoms with Gasteiger partial charge in [-0.2, -0.15) is 0 Å². The lowest BCUT2D eigenvalue weighted by atomic mass is 10.0. The maximum absolute atomic E-state index is 12.5. The number of carbonyl (C=O) groups excluding carboxylic acids is 1. The maximum Gasteiger partial charge on any atom is 0.254 e. The first-order valence-corrected chi connectivity index (χ1v) is 7.27. The summed E-state index contributed by atoms with van der Waals surface area (Å²) in [6.45, 7) is 4.06. The molecule has 0 atom stereocenters. The minimum absolute atomic E-state index is 0.0233. The summed E-state index contributed by atoms with van der Waals surface area (Å²) in [5, 5.41) is 1.72. The van der Waals surface area contributed by atoms with Crippen molar-refractivity contribution in [2.45, 2.75) is 19.4 Å². The SMILES string of the molecule is CN(C(=O)c1ccc2ncccc2c1)C(C)(C)CBr. The van der Waals surface area contributed by atoms with Crippen LogP contribution in [0.5, 0.6) is 0 Å². The van der Waals surface area contributed by atoms with Gasteiger partial charge in [-0.25, -0.2) is 0 Å². The van der Waals surface area contributed by atoms with E-state index in [9.17, 15) is 4.79 Å². The maximum atomic E-state index is 12.5. The van der Waals surface area contributed by atoms with Gasteiger partial charge >= 0.3 is 0 Å². The quantitative estimate of drug-likeness (QED) is 0.811. The van der Waals surface area contributed by atoms with Crippen LogP contribution in [0.1, 0.15) is 24.2 Å². The zero-order valence-corrected chi connectivity index (χ0v) is 12.9. The number of fused-ring (bicyclic) bond motifs is 1. The van der Waals surface area contributed by atoms with Crippen molar-refractivity contribution in [3.05, 3.63) is 42.1 Å². The monoisotopic (exact) mass is 320 g/mol. The van der Waals surface area contributed by atoms with Crippen molar-refractivity contribution < 1.29 is 4.79 Å². The summed E-state index contributed by atoms with van der Waals surface area (Å²) in [7, 11) is 1.83. The van der Waals surface area contributed by atoms with Crippen LogP contribution in [-0.2, 0) is 0 Å². The lowest BCUT2D eigenvalue weighted by Gasteiger charge is -2.34. The normalized spacial score (nSPS) is 11.6. The average molecular weight is 321 g/mol. The van der Waals surface area contributed by atoms with Crippen molar-refractivity contribution in [3.8, 4) is 0 Å². The smallest absolute Gasteiger partial charge is 0.254 e. The number of aromatic nitrogens is 1. The number of halogens is 1. The van der Waals surface area contributed by atoms with Crippen LogP contribution < -0.4 is 0 Å². The minimum atomic E-state index is -0.221. The van der Waals surface area contributed by atoms with Gasteiger partial charge in [0.05, 0.1) is 5.52 Å². The van der Waals surface area contributed by atoms with E-state index in [1.54, 1.807) is 11.1 Å². The molecule has 0 radical (unpaired) electrons. The predicted octanol–water partition coefficient (Wildman–Crippen LogP) is 3.48. The summed E-state index contributed by atoms with van der Waals surface area (Å²) < 4.78 is 0. The molecule has 1 aromatic heterocycles. The van der Waals surface area contributed by atoms with E-state index in [2.05, 4.69) is 20.9 Å². The standard InChI is InChI=1S/C15H17BrN2O/c1-15(2,10-16)18(3)14(19)12-6-7-13-11(9-12)5-4-8-17-13/h4-9H,10H2,1-3H3. The number of rotatable bonds is 3. The van der Waals surface area contributed by atoms with Crippen molar-refractivity contribution in [2.24, 2.45) is 0 Å². The third-order valence-corrected chi connectivity index (χ3v) is 4.76. The number of hydrogen-bond acceptors (Lipinski definition) is 2. The first kappa shape index (κ1) is 14.0. The van der Waals surface area contributed by atoms with Gasteiger partial charge in [0.1, 0.15) is 0 Å². The molecule has 0 bridgehead atoms. The number of hydrogen-bond donors (Lipinski definition) is 0. The molecule has 100 valence electrons. The first-order valence-electron chi connectivity index (χ1n) is 6.14. The van der Waals surface area contributed by atoms with Crippen LogP contribution in [0.4, 0.5) is 0 Å². The van der Waals surface area contributed by atoms with Crippen LogP contribution >= 0.6 is 15.9 Å². The fourth-order valence-electron chi connectivity index (χ4n) is 1.77. The summed E-state index contributed by atoms with van der Waals surface area (Å²) >= 11 is 3.45. The fourth-order valence-corrected chi connectivity index (χ4v) is 2.14. The molecule has 0 aliphatic carbocycles. The number of benzene rings is 1. The Hall–Kier alpha value is -1.42. The van der Waals surface area contributed by atoms with E-state index in [0.717, 1.165) is 16.2 Å². The Morgan fingerprint density at radius 2 is 2.11 bits per heavy atom. The van der Waals surface area contributed by atoms with Gasteiger partial charge in [0.15, 0.2) is 0 Å². The van der Waals surface area contributed by atoms with Crippen molar-refractivity contribution in [2.75, 3.05) is 12.4 Å². The molecule has 19 heavy (non-hydrogen) atoms. The summed E-state index contributed by atoms with van der Waals surface area (Å²) in [5.74, 6) is 0.0233. The number of pyridine rings is 1. The highest BCUT2D eigenvalue weighted by molar-refractivity contribution is 9.09. The van der Waals surface area contributed by atoms with Crippen molar-refractivity contribution in [1.82, 2.24) is 9.88 Å². The molecule has 2 rings (SSSR count). The molecule has 0 saturated carbocycles. The zero-order chi connectivity index (χ0) is 14.0. The van der Waals surface area contributed by atoms with E-state index in [4.69, 9.17) is 0 Å². The van der Waals surface area contributed by atoms with E-state index in [1.165, 1.54) is 0 Å². The largest absolute Gasteiger partial charge is 0.336 e. The second kappa shape index (κ2) is 5.29. The van der Waals surface area contributed by atoms with E-state index in [-0.39, 0.29) is 11.4 Å². The molecule has 3 nitrogen and oxygen atoms in total. The Morgan fingerprint density at radius 1 is 1.37 bits per heavy atom. The molecule has 0 aliphatic rings. The van der Waals surface area contributed by atoms with Gasteiger partial charge in [-0.1, -0.05) is 22.0 Å². The topological polar surface area (TPSA) is 33.2 Å². The number of carbonyl (C=O) groups is 1. The highest BCUT2D eigenvalue weighted by Crippen LogP contribution is 2.20. The van der Waals surface area contributed by atoms with Gasteiger partial charge < -0.3 is 4.90 Å². The van der Waals surface area contributed by atoms with Crippen molar-refractivity contribution in [3.63, 3.8) is 0 Å². The molecular weight excluding hydrogens is 304 g/mol. The third kappa shape index (κ3) is 2.78. The fraction of sp³-hybridized carbons (Fsp3) is 0.333. The molecule has 1 amide bonds. The van der Waals surface area contributed by atoms with E-state index < -0.39 is 0 Å². The first-order chi connectivity index (χ1) is 8.95. The molecule has 1 heterocycles. The molecule has 0 spiro atoms. The Bertz CT molecular complexity index is 610. The second-order valence-electron chi connectivity index (χ2n) is 5.22. The third-order valence-electron chi connectivity index (χ3n) is 3.39. The highest BCUT2D eigenvalue weighted by atomic mass is 79.9. The Kier molecular flexibility index (Phi) is 3.90.